The number of carbonyl (C=O) groups excluding carboxylic acids is 1. The van der Waals surface area contributed by atoms with Crippen LogP contribution in [0.5, 0.6) is 5.75 Å². The third kappa shape index (κ3) is 3.18. The molecule has 0 aromatic heterocycles. The average Bonchev–Trinajstić information content (AvgIpc) is 3.09. The molecule has 0 spiro atoms. The Morgan fingerprint density at radius 1 is 1.38 bits per heavy atom. The molecule has 2 fully saturated rings. The quantitative estimate of drug-likeness (QED) is 0.898. The predicted octanol–water partition coefficient (Wildman–Crippen LogP) is 3.80. The van der Waals surface area contributed by atoms with Gasteiger partial charge in [0.05, 0.1) is 5.02 Å². The summed E-state index contributed by atoms with van der Waals surface area (Å²) in [5.41, 5.74) is 0. The molecule has 2 aliphatic rings. The number of amides is 1. The highest BCUT2D eigenvalue weighted by Crippen LogP contribution is 2.44. The number of carbonyl (C=O) groups is 1. The summed E-state index contributed by atoms with van der Waals surface area (Å²) in [7, 11) is 0. The molecule has 3 rings (SSSR count). The van der Waals surface area contributed by atoms with Crippen LogP contribution < -0.4 is 10.1 Å². The molecule has 21 heavy (non-hydrogen) atoms. The molecule has 114 valence electrons. The molecule has 0 radical (unpaired) electrons. The molecule has 2 aliphatic carbocycles. The van der Waals surface area contributed by atoms with Crippen LogP contribution in [0.15, 0.2) is 24.3 Å². The lowest BCUT2D eigenvalue weighted by Crippen LogP contribution is -2.45. The van der Waals surface area contributed by atoms with Gasteiger partial charge in [0.15, 0.2) is 6.10 Å². The smallest absolute Gasteiger partial charge is 0.261 e. The van der Waals surface area contributed by atoms with Gasteiger partial charge < -0.3 is 10.1 Å². The molecule has 0 heterocycles. The third-order valence-corrected chi connectivity index (χ3v) is 5.15. The van der Waals surface area contributed by atoms with Crippen LogP contribution in [0, 0.1) is 11.8 Å². The molecule has 2 saturated carbocycles. The zero-order valence-electron chi connectivity index (χ0n) is 12.3. The maximum Gasteiger partial charge on any atom is 0.261 e. The van der Waals surface area contributed by atoms with Crippen LogP contribution in [-0.2, 0) is 4.79 Å². The van der Waals surface area contributed by atoms with Crippen molar-refractivity contribution in [3.8, 4) is 5.75 Å². The van der Waals surface area contributed by atoms with Crippen LogP contribution in [0.1, 0.15) is 39.0 Å². The summed E-state index contributed by atoms with van der Waals surface area (Å²) in [6.07, 6.45) is 5.19. The van der Waals surface area contributed by atoms with Crippen molar-refractivity contribution in [1.82, 2.24) is 5.32 Å². The minimum absolute atomic E-state index is 0.00466. The Kier molecular flexibility index (Phi) is 4.39. The summed E-state index contributed by atoms with van der Waals surface area (Å²) in [6, 6.07) is 7.64. The molecule has 1 aromatic carbocycles. The molecule has 0 aliphatic heterocycles. The number of benzene rings is 1. The molecule has 4 heteroatoms. The van der Waals surface area contributed by atoms with E-state index in [1.54, 1.807) is 12.1 Å². The lowest BCUT2D eigenvalue weighted by Gasteiger charge is -2.25. The van der Waals surface area contributed by atoms with Gasteiger partial charge in [-0.1, -0.05) is 37.1 Å². The molecular formula is C17H22ClNO2. The van der Waals surface area contributed by atoms with Crippen LogP contribution in [0.2, 0.25) is 5.02 Å². The number of rotatable bonds is 5. The van der Waals surface area contributed by atoms with Crippen molar-refractivity contribution in [3.05, 3.63) is 29.3 Å². The van der Waals surface area contributed by atoms with Gasteiger partial charge in [-0.2, -0.15) is 0 Å². The normalized spacial score (nSPS) is 28.4. The van der Waals surface area contributed by atoms with E-state index in [9.17, 15) is 4.79 Å². The molecule has 0 saturated heterocycles. The van der Waals surface area contributed by atoms with Crippen LogP contribution in [-0.4, -0.2) is 18.1 Å². The fraction of sp³-hybridized carbons (Fsp3) is 0.588. The van der Waals surface area contributed by atoms with Crippen molar-refractivity contribution >= 4 is 17.5 Å². The van der Waals surface area contributed by atoms with E-state index in [0.717, 1.165) is 12.3 Å². The zero-order chi connectivity index (χ0) is 14.8. The highest BCUT2D eigenvalue weighted by Gasteiger charge is 2.40. The first kappa shape index (κ1) is 14.7. The van der Waals surface area contributed by atoms with Gasteiger partial charge in [-0.05, 0) is 49.7 Å². The maximum atomic E-state index is 12.4. The minimum Gasteiger partial charge on any atom is -0.479 e. The summed E-state index contributed by atoms with van der Waals surface area (Å²) in [6.45, 7) is 1.96. The van der Waals surface area contributed by atoms with Crippen molar-refractivity contribution in [2.45, 2.75) is 51.2 Å². The minimum atomic E-state index is -0.468. The second-order valence-corrected chi connectivity index (χ2v) is 6.64. The van der Waals surface area contributed by atoms with E-state index in [-0.39, 0.29) is 5.91 Å². The third-order valence-electron chi connectivity index (χ3n) is 4.83. The number of halogens is 1. The molecule has 3 nitrogen and oxygen atoms in total. The van der Waals surface area contributed by atoms with Gasteiger partial charge in [-0.25, -0.2) is 0 Å². The molecule has 4 unspecified atom stereocenters. The second-order valence-electron chi connectivity index (χ2n) is 6.24. The summed E-state index contributed by atoms with van der Waals surface area (Å²) >= 11 is 6.09. The van der Waals surface area contributed by atoms with E-state index < -0.39 is 6.10 Å². The van der Waals surface area contributed by atoms with Crippen LogP contribution in [0.4, 0.5) is 0 Å². The van der Waals surface area contributed by atoms with Gasteiger partial charge in [-0.3, -0.25) is 4.79 Å². The zero-order valence-corrected chi connectivity index (χ0v) is 13.1. The number of hydrogen-bond donors (Lipinski definition) is 1. The van der Waals surface area contributed by atoms with Crippen LogP contribution in [0.3, 0.4) is 0 Å². The molecule has 1 aromatic rings. The number of ether oxygens (including phenoxy) is 1. The van der Waals surface area contributed by atoms with Gasteiger partial charge in [0, 0.05) is 6.04 Å². The highest BCUT2D eigenvalue weighted by atomic mass is 35.5. The van der Waals surface area contributed by atoms with E-state index in [4.69, 9.17) is 16.3 Å². The van der Waals surface area contributed by atoms with Crippen molar-refractivity contribution in [2.75, 3.05) is 0 Å². The van der Waals surface area contributed by atoms with Gasteiger partial charge in [0.1, 0.15) is 5.75 Å². The van der Waals surface area contributed by atoms with E-state index >= 15 is 0 Å². The van der Waals surface area contributed by atoms with E-state index in [1.807, 2.05) is 19.1 Å². The Labute approximate surface area is 131 Å². The predicted molar refractivity (Wildman–Crippen MR) is 83.5 cm³/mol. The average molecular weight is 308 g/mol. The second kappa shape index (κ2) is 6.27. The van der Waals surface area contributed by atoms with Crippen LogP contribution in [0.25, 0.3) is 0 Å². The first-order valence-corrected chi connectivity index (χ1v) is 8.26. The fourth-order valence-corrected chi connectivity index (χ4v) is 3.89. The number of fused-ring (bicyclic) bond motifs is 2. The Morgan fingerprint density at radius 2 is 2.19 bits per heavy atom. The summed E-state index contributed by atoms with van der Waals surface area (Å²) < 4.78 is 5.80. The first-order chi connectivity index (χ1) is 10.2. The standard InChI is InChI=1S/C17H22ClNO2/c1-2-15(21-16-6-4-3-5-13(16)18)17(20)19-14-10-11-7-8-12(14)9-11/h3-6,11-12,14-15H,2,7-10H2,1H3,(H,19,20). The SMILES string of the molecule is CCC(Oc1ccccc1Cl)C(=O)NC1CC2CCC1C2. The monoisotopic (exact) mass is 307 g/mol. The lowest BCUT2D eigenvalue weighted by molar-refractivity contribution is -0.129. The van der Waals surface area contributed by atoms with E-state index in [0.29, 0.717) is 29.2 Å². The summed E-state index contributed by atoms with van der Waals surface area (Å²) in [5, 5.41) is 3.74. The maximum absolute atomic E-state index is 12.4. The summed E-state index contributed by atoms with van der Waals surface area (Å²) in [5.74, 6) is 2.07. The Morgan fingerprint density at radius 3 is 2.81 bits per heavy atom. The Bertz CT molecular complexity index is 519. The number of hydrogen-bond acceptors (Lipinski definition) is 2. The first-order valence-electron chi connectivity index (χ1n) is 7.89. The van der Waals surface area contributed by atoms with Crippen molar-refractivity contribution in [2.24, 2.45) is 11.8 Å². The van der Waals surface area contributed by atoms with Crippen molar-refractivity contribution < 1.29 is 9.53 Å². The van der Waals surface area contributed by atoms with Gasteiger partial charge in [0.25, 0.3) is 5.91 Å². The van der Waals surface area contributed by atoms with Gasteiger partial charge in [0.2, 0.25) is 0 Å². The Balaban J connectivity index is 1.60. The molecular weight excluding hydrogens is 286 g/mol. The lowest BCUT2D eigenvalue weighted by atomic mass is 9.95. The number of para-hydroxylation sites is 1. The fourth-order valence-electron chi connectivity index (χ4n) is 3.71. The highest BCUT2D eigenvalue weighted by molar-refractivity contribution is 6.32. The summed E-state index contributed by atoms with van der Waals surface area (Å²) in [4.78, 5) is 12.4. The Hall–Kier alpha value is -1.22. The molecule has 2 bridgehead atoms. The molecule has 1 amide bonds. The van der Waals surface area contributed by atoms with Crippen molar-refractivity contribution in [1.29, 1.82) is 0 Å². The van der Waals surface area contributed by atoms with Gasteiger partial charge in [-0.15, -0.1) is 0 Å². The molecule has 4 atom stereocenters. The molecule has 1 N–H and O–H groups in total. The topological polar surface area (TPSA) is 38.3 Å². The number of nitrogens with one attached hydrogen (secondary N) is 1. The van der Waals surface area contributed by atoms with Gasteiger partial charge >= 0.3 is 0 Å². The van der Waals surface area contributed by atoms with E-state index in [2.05, 4.69) is 5.32 Å². The van der Waals surface area contributed by atoms with E-state index in [1.165, 1.54) is 19.3 Å². The van der Waals surface area contributed by atoms with Crippen molar-refractivity contribution in [3.63, 3.8) is 0 Å². The van der Waals surface area contributed by atoms with Crippen LogP contribution >= 0.6 is 11.6 Å². The largest absolute Gasteiger partial charge is 0.479 e.